The molecule has 1 aromatic carbocycles. The third kappa shape index (κ3) is 3.33. The number of likely N-dealkylation sites (N-methyl/N-ethyl adjacent to an activating group) is 1. The van der Waals surface area contributed by atoms with Gasteiger partial charge in [0, 0.05) is 24.0 Å². The molecule has 0 amide bonds. The molecule has 0 aliphatic rings. The molecule has 0 fully saturated rings. The molecular weight excluding hydrogens is 255 g/mol. The van der Waals surface area contributed by atoms with E-state index >= 15 is 0 Å². The summed E-state index contributed by atoms with van der Waals surface area (Å²) in [6.07, 6.45) is 4.23. The Labute approximate surface area is 118 Å². The quantitative estimate of drug-likeness (QED) is 0.878. The lowest BCUT2D eigenvalue weighted by molar-refractivity contribution is 0.379. The van der Waals surface area contributed by atoms with Gasteiger partial charge in [-0.15, -0.1) is 0 Å². The molecule has 1 atom stereocenters. The summed E-state index contributed by atoms with van der Waals surface area (Å²) in [5.74, 6) is -0.0265. The van der Waals surface area contributed by atoms with E-state index < -0.39 is 0 Å². The Hall–Kier alpha value is -1.94. The van der Waals surface area contributed by atoms with Crippen molar-refractivity contribution < 1.29 is 9.13 Å². The summed E-state index contributed by atoms with van der Waals surface area (Å²) in [5, 5.41) is 3.32. The van der Waals surface area contributed by atoms with Crippen molar-refractivity contribution in [3.63, 3.8) is 0 Å². The topological polar surface area (TPSA) is 34.2 Å². The highest BCUT2D eigenvalue weighted by Crippen LogP contribution is 2.27. The monoisotopic (exact) mass is 274 g/mol. The maximum absolute atomic E-state index is 14.4. The number of methoxy groups -OCH3 is 1. The lowest BCUT2D eigenvalue weighted by Gasteiger charge is -2.20. The number of aromatic nitrogens is 1. The number of halogens is 1. The van der Waals surface area contributed by atoms with Crippen LogP contribution in [0.15, 0.2) is 42.7 Å². The van der Waals surface area contributed by atoms with Gasteiger partial charge in [0.05, 0.1) is 7.11 Å². The minimum Gasteiger partial charge on any atom is -0.494 e. The number of nitrogens with zero attached hydrogens (tertiary/aromatic N) is 1. The molecule has 3 nitrogen and oxygen atoms in total. The molecule has 0 spiro atoms. The van der Waals surface area contributed by atoms with Gasteiger partial charge in [-0.25, -0.2) is 4.39 Å². The normalized spacial score (nSPS) is 12.2. The summed E-state index contributed by atoms with van der Waals surface area (Å²) in [6.45, 7) is 2.77. The second kappa shape index (κ2) is 7.01. The molecule has 0 radical (unpaired) electrons. The van der Waals surface area contributed by atoms with Gasteiger partial charge in [0.25, 0.3) is 0 Å². The first-order valence-corrected chi connectivity index (χ1v) is 6.71. The minimum atomic E-state index is -0.301. The summed E-state index contributed by atoms with van der Waals surface area (Å²) < 4.78 is 19.4. The number of hydrogen-bond acceptors (Lipinski definition) is 3. The zero-order valence-corrected chi connectivity index (χ0v) is 11.8. The second-order valence-electron chi connectivity index (χ2n) is 4.54. The molecule has 106 valence electrons. The van der Waals surface area contributed by atoms with Crippen LogP contribution in [0.4, 0.5) is 4.39 Å². The molecule has 1 unspecified atom stereocenters. The van der Waals surface area contributed by atoms with Crippen LogP contribution in [0.5, 0.6) is 5.75 Å². The Morgan fingerprint density at radius 2 is 2.15 bits per heavy atom. The van der Waals surface area contributed by atoms with Crippen molar-refractivity contribution in [2.45, 2.75) is 19.4 Å². The van der Waals surface area contributed by atoms with E-state index in [0.29, 0.717) is 12.0 Å². The van der Waals surface area contributed by atoms with Crippen LogP contribution in [0.25, 0.3) is 0 Å². The van der Waals surface area contributed by atoms with Gasteiger partial charge in [-0.3, -0.25) is 4.98 Å². The van der Waals surface area contributed by atoms with E-state index in [1.807, 2.05) is 31.3 Å². The minimum absolute atomic E-state index is 0.0979. The molecule has 0 bridgehead atoms. The molecule has 0 aliphatic heterocycles. The highest BCUT2D eigenvalue weighted by atomic mass is 19.1. The third-order valence-corrected chi connectivity index (χ3v) is 3.20. The first kappa shape index (κ1) is 14.5. The molecule has 1 N–H and O–H groups in total. The van der Waals surface area contributed by atoms with Gasteiger partial charge in [-0.1, -0.05) is 25.1 Å². The van der Waals surface area contributed by atoms with Crippen molar-refractivity contribution in [3.8, 4) is 5.75 Å². The van der Waals surface area contributed by atoms with Crippen LogP contribution >= 0.6 is 0 Å². The lowest BCUT2D eigenvalue weighted by Crippen LogP contribution is -2.24. The second-order valence-corrected chi connectivity index (χ2v) is 4.54. The number of benzene rings is 1. The fourth-order valence-corrected chi connectivity index (χ4v) is 2.25. The maximum Gasteiger partial charge on any atom is 0.169 e. The van der Waals surface area contributed by atoms with Gasteiger partial charge in [-0.05, 0) is 30.7 Å². The predicted molar refractivity (Wildman–Crippen MR) is 77.3 cm³/mol. The van der Waals surface area contributed by atoms with E-state index in [0.717, 1.165) is 12.1 Å². The van der Waals surface area contributed by atoms with Gasteiger partial charge in [0.2, 0.25) is 0 Å². The summed E-state index contributed by atoms with van der Waals surface area (Å²) in [5.41, 5.74) is 1.69. The van der Waals surface area contributed by atoms with Gasteiger partial charge in [-0.2, -0.15) is 0 Å². The summed E-state index contributed by atoms with van der Waals surface area (Å²) in [6, 6.07) is 9.02. The Kier molecular flexibility index (Phi) is 5.07. The van der Waals surface area contributed by atoms with Crippen molar-refractivity contribution in [1.82, 2.24) is 10.3 Å². The zero-order chi connectivity index (χ0) is 14.4. The maximum atomic E-state index is 14.4. The van der Waals surface area contributed by atoms with Gasteiger partial charge in [0.15, 0.2) is 11.6 Å². The van der Waals surface area contributed by atoms with Crippen LogP contribution in [-0.4, -0.2) is 18.6 Å². The fraction of sp³-hybridized carbons (Fsp3) is 0.312. The first-order chi connectivity index (χ1) is 9.76. The van der Waals surface area contributed by atoms with Crippen molar-refractivity contribution in [1.29, 1.82) is 0 Å². The van der Waals surface area contributed by atoms with Crippen molar-refractivity contribution in [3.05, 3.63) is 59.7 Å². The Balaban J connectivity index is 2.29. The zero-order valence-electron chi connectivity index (χ0n) is 11.8. The SMILES string of the molecule is CCNC(Cc1cccnc1)c1cccc(OC)c1F. The highest BCUT2D eigenvalue weighted by molar-refractivity contribution is 5.34. The van der Waals surface area contributed by atoms with Crippen molar-refractivity contribution in [2.24, 2.45) is 0 Å². The van der Waals surface area contributed by atoms with Crippen LogP contribution in [0.2, 0.25) is 0 Å². The average Bonchev–Trinajstić information content (AvgIpc) is 2.48. The molecule has 1 heterocycles. The summed E-state index contributed by atoms with van der Waals surface area (Å²) in [4.78, 5) is 4.10. The largest absolute Gasteiger partial charge is 0.494 e. The number of rotatable bonds is 6. The van der Waals surface area contributed by atoms with Gasteiger partial charge in [0.1, 0.15) is 0 Å². The van der Waals surface area contributed by atoms with Crippen LogP contribution in [0.3, 0.4) is 0 Å². The van der Waals surface area contributed by atoms with Crippen LogP contribution in [0.1, 0.15) is 24.1 Å². The van der Waals surface area contributed by atoms with E-state index in [-0.39, 0.29) is 17.6 Å². The summed E-state index contributed by atoms with van der Waals surface area (Å²) in [7, 11) is 1.48. The first-order valence-electron chi connectivity index (χ1n) is 6.71. The number of hydrogen-bond donors (Lipinski definition) is 1. The van der Waals surface area contributed by atoms with E-state index in [1.165, 1.54) is 7.11 Å². The molecular formula is C16H19FN2O. The molecule has 0 aliphatic carbocycles. The van der Waals surface area contributed by atoms with Gasteiger partial charge >= 0.3 is 0 Å². The van der Waals surface area contributed by atoms with E-state index in [1.54, 1.807) is 18.3 Å². The lowest BCUT2D eigenvalue weighted by atomic mass is 9.99. The van der Waals surface area contributed by atoms with Gasteiger partial charge < -0.3 is 10.1 Å². The molecule has 20 heavy (non-hydrogen) atoms. The molecule has 0 saturated heterocycles. The smallest absolute Gasteiger partial charge is 0.169 e. The van der Waals surface area contributed by atoms with Crippen LogP contribution < -0.4 is 10.1 Å². The Morgan fingerprint density at radius 1 is 1.30 bits per heavy atom. The number of nitrogens with one attached hydrogen (secondary N) is 1. The molecule has 1 aromatic heterocycles. The standard InChI is InChI=1S/C16H19FN2O/c1-3-19-14(10-12-6-5-9-18-11-12)13-7-4-8-15(20-2)16(13)17/h4-9,11,14,19H,3,10H2,1-2H3. The summed E-state index contributed by atoms with van der Waals surface area (Å²) >= 11 is 0. The fourth-order valence-electron chi connectivity index (χ4n) is 2.25. The molecule has 4 heteroatoms. The van der Waals surface area contributed by atoms with Crippen molar-refractivity contribution >= 4 is 0 Å². The number of ether oxygens (including phenoxy) is 1. The molecule has 2 aromatic rings. The van der Waals surface area contributed by atoms with E-state index in [4.69, 9.17) is 4.74 Å². The predicted octanol–water partition coefficient (Wildman–Crippen LogP) is 3.12. The molecule has 0 saturated carbocycles. The Morgan fingerprint density at radius 3 is 2.80 bits per heavy atom. The Bertz CT molecular complexity index is 545. The molecule has 2 rings (SSSR count). The van der Waals surface area contributed by atoms with Crippen molar-refractivity contribution in [2.75, 3.05) is 13.7 Å². The van der Waals surface area contributed by atoms with E-state index in [2.05, 4.69) is 10.3 Å². The number of pyridine rings is 1. The third-order valence-electron chi connectivity index (χ3n) is 3.20. The highest BCUT2D eigenvalue weighted by Gasteiger charge is 2.18. The van der Waals surface area contributed by atoms with Crippen LogP contribution in [-0.2, 0) is 6.42 Å². The average molecular weight is 274 g/mol. The van der Waals surface area contributed by atoms with E-state index in [9.17, 15) is 4.39 Å². The van der Waals surface area contributed by atoms with Crippen LogP contribution in [0, 0.1) is 5.82 Å².